The van der Waals surface area contributed by atoms with Crippen molar-refractivity contribution in [2.24, 2.45) is 5.92 Å². The number of carbonyl (C=O) groups is 3. The molecular weight excluding hydrogens is 465 g/mol. The van der Waals surface area contributed by atoms with Gasteiger partial charge in [0.2, 0.25) is 5.91 Å². The molecule has 0 aromatic heterocycles. The Balaban J connectivity index is 1.30. The molecule has 0 spiro atoms. The topological polar surface area (TPSA) is 108 Å². The largest absolute Gasteiger partial charge is 0.497 e. The smallest absolute Gasteiger partial charge is 0.252 e. The van der Waals surface area contributed by atoms with Crippen LogP contribution in [0.4, 0.5) is 10.1 Å². The first-order chi connectivity index (χ1) is 17.2. The van der Waals surface area contributed by atoms with Crippen molar-refractivity contribution in [3.8, 4) is 5.75 Å². The number of rotatable bonds is 9. The number of anilines is 1. The fraction of sp³-hybridized carbons (Fsp3) is 0.444. The predicted molar refractivity (Wildman–Crippen MR) is 133 cm³/mol. The van der Waals surface area contributed by atoms with Crippen LogP contribution in [0.1, 0.15) is 53.3 Å². The fourth-order valence-corrected chi connectivity index (χ4v) is 4.60. The molecule has 8 nitrogen and oxygen atoms in total. The van der Waals surface area contributed by atoms with Gasteiger partial charge < -0.3 is 25.4 Å². The van der Waals surface area contributed by atoms with E-state index in [2.05, 4.69) is 10.6 Å². The van der Waals surface area contributed by atoms with Crippen LogP contribution < -0.4 is 20.3 Å². The first-order valence-corrected chi connectivity index (χ1v) is 12.2. The van der Waals surface area contributed by atoms with E-state index in [1.807, 2.05) is 4.90 Å². The third kappa shape index (κ3) is 5.51. The highest BCUT2D eigenvalue weighted by molar-refractivity contribution is 6.04. The monoisotopic (exact) mass is 497 g/mol. The van der Waals surface area contributed by atoms with Gasteiger partial charge in [-0.1, -0.05) is 12.1 Å². The minimum Gasteiger partial charge on any atom is -0.497 e. The van der Waals surface area contributed by atoms with E-state index < -0.39 is 23.2 Å². The van der Waals surface area contributed by atoms with Crippen molar-refractivity contribution in [3.63, 3.8) is 0 Å². The lowest BCUT2D eigenvalue weighted by molar-refractivity contribution is -0.124. The molecule has 1 atom stereocenters. The number of halogens is 1. The van der Waals surface area contributed by atoms with Crippen molar-refractivity contribution in [2.75, 3.05) is 31.6 Å². The number of hydrogen-bond donors (Lipinski definition) is 3. The maximum absolute atomic E-state index is 14.4. The number of benzene rings is 2. The zero-order valence-electron chi connectivity index (χ0n) is 20.6. The van der Waals surface area contributed by atoms with E-state index in [1.54, 1.807) is 36.4 Å². The summed E-state index contributed by atoms with van der Waals surface area (Å²) in [5, 5.41) is 15.6. The van der Waals surface area contributed by atoms with E-state index in [4.69, 9.17) is 4.74 Å². The Morgan fingerprint density at radius 2 is 1.86 bits per heavy atom. The lowest BCUT2D eigenvalue weighted by atomic mass is 9.94. The quantitative estimate of drug-likeness (QED) is 0.460. The van der Waals surface area contributed by atoms with Crippen LogP contribution in [-0.2, 0) is 4.79 Å². The van der Waals surface area contributed by atoms with Gasteiger partial charge in [0.15, 0.2) is 5.78 Å². The van der Waals surface area contributed by atoms with Crippen molar-refractivity contribution in [2.45, 2.75) is 44.2 Å². The summed E-state index contributed by atoms with van der Waals surface area (Å²) in [6.45, 7) is 3.01. The average Bonchev–Trinajstić information content (AvgIpc) is 3.67. The average molecular weight is 498 g/mol. The summed E-state index contributed by atoms with van der Waals surface area (Å²) in [6, 6.07) is 11.3. The minimum atomic E-state index is -1.28. The molecule has 1 aliphatic carbocycles. The Morgan fingerprint density at radius 3 is 2.50 bits per heavy atom. The Hall–Kier alpha value is -3.46. The number of amides is 2. The van der Waals surface area contributed by atoms with Crippen molar-refractivity contribution < 1.29 is 28.6 Å². The molecular formula is C27H32FN3O5. The predicted octanol–water partition coefficient (Wildman–Crippen LogP) is 2.69. The van der Waals surface area contributed by atoms with Gasteiger partial charge in [0.05, 0.1) is 18.4 Å². The molecule has 0 radical (unpaired) electrons. The second-order valence-electron chi connectivity index (χ2n) is 9.58. The Bertz CT molecular complexity index is 1140. The van der Waals surface area contributed by atoms with Crippen molar-refractivity contribution in [1.82, 2.24) is 10.6 Å². The summed E-state index contributed by atoms with van der Waals surface area (Å²) in [7, 11) is 1.53. The molecule has 1 aliphatic heterocycles. The third-order valence-corrected chi connectivity index (χ3v) is 6.99. The Labute approximate surface area is 209 Å². The molecule has 4 rings (SSSR count). The summed E-state index contributed by atoms with van der Waals surface area (Å²) in [6.07, 6.45) is 1.40. The molecule has 36 heavy (non-hydrogen) atoms. The molecule has 192 valence electrons. The van der Waals surface area contributed by atoms with Gasteiger partial charge in [0, 0.05) is 25.2 Å². The van der Waals surface area contributed by atoms with Gasteiger partial charge in [-0.3, -0.25) is 14.4 Å². The zero-order valence-corrected chi connectivity index (χ0v) is 20.6. The van der Waals surface area contributed by atoms with Crippen molar-refractivity contribution in [1.29, 1.82) is 0 Å². The van der Waals surface area contributed by atoms with Gasteiger partial charge >= 0.3 is 0 Å². The van der Waals surface area contributed by atoms with Gasteiger partial charge in [0.25, 0.3) is 5.91 Å². The lowest BCUT2D eigenvalue weighted by Gasteiger charge is -2.35. The summed E-state index contributed by atoms with van der Waals surface area (Å²) in [4.78, 5) is 39.9. The third-order valence-electron chi connectivity index (χ3n) is 6.99. The van der Waals surface area contributed by atoms with E-state index in [0.29, 0.717) is 49.5 Å². The number of nitrogens with zero attached hydrogens (tertiary/aromatic N) is 1. The molecule has 1 saturated heterocycles. The number of carbonyl (C=O) groups excluding carboxylic acids is 3. The molecule has 0 bridgehead atoms. The zero-order chi connectivity index (χ0) is 25.9. The molecule has 2 aromatic rings. The first kappa shape index (κ1) is 25.6. The highest BCUT2D eigenvalue weighted by Gasteiger charge is 2.51. The van der Waals surface area contributed by atoms with E-state index >= 15 is 0 Å². The van der Waals surface area contributed by atoms with Gasteiger partial charge in [-0.05, 0) is 68.9 Å². The van der Waals surface area contributed by atoms with E-state index in [-0.39, 0.29) is 23.3 Å². The number of piperidine rings is 1. The fourth-order valence-electron chi connectivity index (χ4n) is 4.60. The number of nitrogens with one attached hydrogen (secondary N) is 2. The number of ether oxygens (including phenoxy) is 1. The molecule has 2 amide bonds. The maximum atomic E-state index is 14.4. The summed E-state index contributed by atoms with van der Waals surface area (Å²) >= 11 is 0. The van der Waals surface area contributed by atoms with Crippen molar-refractivity contribution in [3.05, 3.63) is 59.4 Å². The molecule has 1 unspecified atom stereocenters. The van der Waals surface area contributed by atoms with Crippen LogP contribution in [-0.4, -0.2) is 61.1 Å². The summed E-state index contributed by atoms with van der Waals surface area (Å²) in [5.41, 5.74) is -0.0348. The molecule has 1 heterocycles. The lowest BCUT2D eigenvalue weighted by Crippen LogP contribution is -2.50. The molecule has 3 N–H and O–H groups in total. The van der Waals surface area contributed by atoms with Gasteiger partial charge in [0.1, 0.15) is 23.2 Å². The number of aliphatic hydroxyl groups excluding tert-OH is 1. The second-order valence-corrected chi connectivity index (χ2v) is 9.58. The van der Waals surface area contributed by atoms with Crippen LogP contribution in [0.5, 0.6) is 5.75 Å². The number of hydrogen-bond acceptors (Lipinski definition) is 6. The Morgan fingerprint density at radius 1 is 1.17 bits per heavy atom. The van der Waals surface area contributed by atoms with Crippen LogP contribution in [0.25, 0.3) is 0 Å². The van der Waals surface area contributed by atoms with Crippen LogP contribution in [0.2, 0.25) is 0 Å². The van der Waals surface area contributed by atoms with Crippen molar-refractivity contribution >= 4 is 23.3 Å². The van der Waals surface area contributed by atoms with Gasteiger partial charge in [-0.25, -0.2) is 4.39 Å². The van der Waals surface area contributed by atoms with Gasteiger partial charge in [-0.2, -0.15) is 0 Å². The van der Waals surface area contributed by atoms with E-state index in [0.717, 1.165) is 12.8 Å². The summed E-state index contributed by atoms with van der Waals surface area (Å²) < 4.78 is 19.6. The van der Waals surface area contributed by atoms with E-state index in [9.17, 15) is 23.9 Å². The maximum Gasteiger partial charge on any atom is 0.252 e. The number of ketones is 1. The molecule has 9 heteroatoms. The second kappa shape index (κ2) is 10.7. The normalized spacial score (nSPS) is 17.7. The number of Topliss-reactive ketones (excluding diaryl/α,β-unsaturated/α-hetero) is 1. The van der Waals surface area contributed by atoms with Crippen LogP contribution >= 0.6 is 0 Å². The van der Waals surface area contributed by atoms with Crippen LogP contribution in [0.3, 0.4) is 0 Å². The Kier molecular flexibility index (Phi) is 7.59. The summed E-state index contributed by atoms with van der Waals surface area (Å²) in [5.74, 6) is -0.978. The van der Waals surface area contributed by atoms with Crippen LogP contribution in [0, 0.1) is 11.7 Å². The SMILES string of the molecule is COc1cccc(C(=O)NC2(C(=O)NCC3CCN(c4cccc(F)c4C(=O)C(C)O)CC3)CC2)c1. The first-order valence-electron chi connectivity index (χ1n) is 12.2. The molecule has 2 aromatic carbocycles. The van der Waals surface area contributed by atoms with Gasteiger partial charge in [-0.15, -0.1) is 0 Å². The van der Waals surface area contributed by atoms with E-state index in [1.165, 1.54) is 20.1 Å². The number of methoxy groups -OCH3 is 1. The molecule has 2 aliphatic rings. The highest BCUT2D eigenvalue weighted by Crippen LogP contribution is 2.36. The van der Waals surface area contributed by atoms with Crippen LogP contribution in [0.15, 0.2) is 42.5 Å². The minimum absolute atomic E-state index is 0.0818. The molecule has 2 fully saturated rings. The number of aliphatic hydroxyl groups is 1. The highest BCUT2D eigenvalue weighted by atomic mass is 19.1. The molecule has 1 saturated carbocycles. The standard InChI is InChI=1S/C27H32FN3O5/c1-17(32)24(33)23-21(28)7-4-8-22(23)31-13-9-18(10-14-31)16-29-26(35)27(11-12-27)30-25(34)19-5-3-6-20(15-19)36-2/h3-8,15,17-18,32H,9-14,16H2,1-2H3,(H,29,35)(H,30,34).